The molecule has 0 fully saturated rings. The van der Waals surface area contributed by atoms with Crippen molar-refractivity contribution in [2.75, 3.05) is 0 Å². The molecule has 0 saturated carbocycles. The molecular formula is C18H34O2. The average molecular weight is 282 g/mol. The molecule has 0 radical (unpaired) electrons. The molecule has 0 aliphatic rings. The number of hydrogen-bond donors (Lipinski definition) is 1. The fraction of sp³-hybridized carbons (Fsp3) is 0.833. The van der Waals surface area contributed by atoms with Crippen molar-refractivity contribution in [1.29, 1.82) is 0 Å². The lowest BCUT2D eigenvalue weighted by Crippen LogP contribution is -2.30. The van der Waals surface area contributed by atoms with E-state index in [0.717, 1.165) is 6.42 Å². The molecule has 2 nitrogen and oxygen atoms in total. The summed E-state index contributed by atoms with van der Waals surface area (Å²) in [6.07, 6.45) is 6.20. The van der Waals surface area contributed by atoms with Crippen LogP contribution in [-0.2, 0) is 4.79 Å². The number of rotatable bonds is 6. The monoisotopic (exact) mass is 282 g/mol. The maximum absolute atomic E-state index is 11.3. The maximum atomic E-state index is 11.3. The van der Waals surface area contributed by atoms with Crippen LogP contribution in [-0.4, -0.2) is 11.1 Å². The first-order valence-corrected chi connectivity index (χ1v) is 7.50. The molecular weight excluding hydrogens is 248 g/mol. The van der Waals surface area contributed by atoms with Gasteiger partial charge in [-0.3, -0.25) is 4.79 Å². The highest BCUT2D eigenvalue weighted by Crippen LogP contribution is 2.38. The van der Waals surface area contributed by atoms with Crippen LogP contribution < -0.4 is 0 Å². The summed E-state index contributed by atoms with van der Waals surface area (Å²) >= 11 is 0. The van der Waals surface area contributed by atoms with Gasteiger partial charge < -0.3 is 5.11 Å². The zero-order valence-corrected chi connectivity index (χ0v) is 14.9. The third kappa shape index (κ3) is 7.72. The quantitative estimate of drug-likeness (QED) is 0.650. The van der Waals surface area contributed by atoms with Crippen molar-refractivity contribution in [1.82, 2.24) is 0 Å². The van der Waals surface area contributed by atoms with Gasteiger partial charge in [0.1, 0.15) is 0 Å². The number of carboxylic acid groups (broad SMARTS) is 1. The molecule has 0 aliphatic carbocycles. The lowest BCUT2D eigenvalue weighted by molar-refractivity contribution is -0.148. The third-order valence-electron chi connectivity index (χ3n) is 3.45. The first-order chi connectivity index (χ1) is 8.56. The SMILES string of the molecule is CC(C)(C)CC(C)(C)/C=C\C(C)(C)CC(C)(C)C(=O)O. The Bertz CT molecular complexity index is 365. The van der Waals surface area contributed by atoms with E-state index < -0.39 is 11.4 Å². The van der Waals surface area contributed by atoms with Crippen LogP contribution in [0.5, 0.6) is 0 Å². The van der Waals surface area contributed by atoms with E-state index in [1.165, 1.54) is 0 Å². The zero-order chi connectivity index (χ0) is 16.4. The van der Waals surface area contributed by atoms with E-state index in [1.54, 1.807) is 13.8 Å². The molecule has 0 aromatic carbocycles. The van der Waals surface area contributed by atoms with E-state index >= 15 is 0 Å². The van der Waals surface area contributed by atoms with Crippen LogP contribution in [0.15, 0.2) is 12.2 Å². The van der Waals surface area contributed by atoms with E-state index in [9.17, 15) is 9.90 Å². The van der Waals surface area contributed by atoms with Crippen LogP contribution >= 0.6 is 0 Å². The lowest BCUT2D eigenvalue weighted by Gasteiger charge is -2.33. The summed E-state index contributed by atoms with van der Waals surface area (Å²) in [5, 5.41) is 9.26. The van der Waals surface area contributed by atoms with Gasteiger partial charge in [0, 0.05) is 0 Å². The number of hydrogen-bond acceptors (Lipinski definition) is 1. The first kappa shape index (κ1) is 19.2. The third-order valence-corrected chi connectivity index (χ3v) is 3.45. The Labute approximate surface area is 125 Å². The van der Waals surface area contributed by atoms with Gasteiger partial charge in [0.2, 0.25) is 0 Å². The fourth-order valence-electron chi connectivity index (χ4n) is 3.15. The molecule has 0 aromatic rings. The Morgan fingerprint density at radius 1 is 0.800 bits per heavy atom. The van der Waals surface area contributed by atoms with Crippen LogP contribution in [0.3, 0.4) is 0 Å². The van der Waals surface area contributed by atoms with Crippen molar-refractivity contribution in [2.24, 2.45) is 21.7 Å². The topological polar surface area (TPSA) is 37.3 Å². The van der Waals surface area contributed by atoms with Gasteiger partial charge in [0.15, 0.2) is 0 Å². The molecule has 0 aliphatic heterocycles. The molecule has 118 valence electrons. The van der Waals surface area contributed by atoms with E-state index in [1.807, 2.05) is 0 Å². The summed E-state index contributed by atoms with van der Waals surface area (Å²) in [6, 6.07) is 0. The van der Waals surface area contributed by atoms with Crippen molar-refractivity contribution in [3.63, 3.8) is 0 Å². The van der Waals surface area contributed by atoms with Gasteiger partial charge in [-0.25, -0.2) is 0 Å². The molecule has 0 atom stereocenters. The van der Waals surface area contributed by atoms with E-state index in [4.69, 9.17) is 0 Å². The molecule has 1 N–H and O–H groups in total. The molecule has 0 saturated heterocycles. The minimum absolute atomic E-state index is 0.114. The highest BCUT2D eigenvalue weighted by Gasteiger charge is 2.34. The second-order valence-electron chi connectivity index (χ2n) is 9.41. The van der Waals surface area contributed by atoms with Gasteiger partial charge in [0.05, 0.1) is 5.41 Å². The van der Waals surface area contributed by atoms with Crippen LogP contribution in [0.2, 0.25) is 0 Å². The van der Waals surface area contributed by atoms with Crippen LogP contribution in [0.4, 0.5) is 0 Å². The molecule has 0 bridgehead atoms. The number of carboxylic acids is 1. The predicted octanol–water partition coefficient (Wildman–Crippen LogP) is 5.53. The van der Waals surface area contributed by atoms with E-state index in [0.29, 0.717) is 6.42 Å². The van der Waals surface area contributed by atoms with Crippen LogP contribution in [0, 0.1) is 21.7 Å². The minimum atomic E-state index is -0.729. The standard InChI is InChI=1S/C18H34O2/c1-15(2,3)12-16(4,5)10-11-17(6,7)13-18(8,9)14(19)20/h10-11H,12-13H2,1-9H3,(H,19,20)/b11-10-. The zero-order valence-electron chi connectivity index (χ0n) is 14.9. The molecule has 0 heterocycles. The average Bonchev–Trinajstić information content (AvgIpc) is 2.09. The van der Waals surface area contributed by atoms with Gasteiger partial charge in [-0.2, -0.15) is 0 Å². The Morgan fingerprint density at radius 3 is 1.45 bits per heavy atom. The lowest BCUT2D eigenvalue weighted by atomic mass is 9.72. The van der Waals surface area contributed by atoms with Gasteiger partial charge in [-0.05, 0) is 42.9 Å². The second kappa shape index (κ2) is 5.91. The summed E-state index contributed by atoms with van der Waals surface area (Å²) in [5.41, 5.74) is -0.389. The van der Waals surface area contributed by atoms with E-state index in [-0.39, 0.29) is 16.2 Å². The molecule has 0 amide bonds. The largest absolute Gasteiger partial charge is 0.481 e. The Hall–Kier alpha value is -0.790. The summed E-state index contributed by atoms with van der Waals surface area (Å²) in [4.78, 5) is 11.3. The Kier molecular flexibility index (Phi) is 5.68. The van der Waals surface area contributed by atoms with Crippen molar-refractivity contribution in [3.05, 3.63) is 12.2 Å². The molecule has 0 rings (SSSR count). The molecule has 0 spiro atoms. The first-order valence-electron chi connectivity index (χ1n) is 7.50. The minimum Gasteiger partial charge on any atom is -0.481 e. The van der Waals surface area contributed by atoms with Crippen LogP contribution in [0.25, 0.3) is 0 Å². The normalized spacial score (nSPS) is 14.8. The molecule has 20 heavy (non-hydrogen) atoms. The summed E-state index contributed by atoms with van der Waals surface area (Å²) in [7, 11) is 0. The smallest absolute Gasteiger partial charge is 0.309 e. The summed E-state index contributed by atoms with van der Waals surface area (Å²) < 4.78 is 0. The van der Waals surface area contributed by atoms with Gasteiger partial charge in [0.25, 0.3) is 0 Å². The van der Waals surface area contributed by atoms with Gasteiger partial charge >= 0.3 is 5.97 Å². The van der Waals surface area contributed by atoms with Crippen molar-refractivity contribution in [2.45, 2.75) is 75.2 Å². The van der Waals surface area contributed by atoms with Crippen molar-refractivity contribution >= 4 is 5.97 Å². The van der Waals surface area contributed by atoms with Crippen LogP contribution in [0.1, 0.15) is 75.2 Å². The molecule has 0 unspecified atom stereocenters. The number of allylic oxidation sites excluding steroid dienone is 2. The summed E-state index contributed by atoms with van der Waals surface area (Å²) in [6.45, 7) is 19.1. The number of carbonyl (C=O) groups is 1. The number of aliphatic carboxylic acids is 1. The fourth-order valence-corrected chi connectivity index (χ4v) is 3.15. The Balaban J connectivity index is 4.92. The maximum Gasteiger partial charge on any atom is 0.309 e. The van der Waals surface area contributed by atoms with Gasteiger partial charge in [-0.1, -0.05) is 60.6 Å². The van der Waals surface area contributed by atoms with Crippen molar-refractivity contribution < 1.29 is 9.90 Å². The van der Waals surface area contributed by atoms with Crippen molar-refractivity contribution in [3.8, 4) is 0 Å². The highest BCUT2D eigenvalue weighted by molar-refractivity contribution is 5.73. The predicted molar refractivity (Wildman–Crippen MR) is 86.8 cm³/mol. The Morgan fingerprint density at radius 2 is 1.15 bits per heavy atom. The van der Waals surface area contributed by atoms with E-state index in [2.05, 4.69) is 60.6 Å². The summed E-state index contributed by atoms with van der Waals surface area (Å²) in [5.74, 6) is -0.729. The van der Waals surface area contributed by atoms with Gasteiger partial charge in [-0.15, -0.1) is 0 Å². The molecule has 0 aromatic heterocycles. The molecule has 2 heteroatoms. The second-order valence-corrected chi connectivity index (χ2v) is 9.41. The highest BCUT2D eigenvalue weighted by atomic mass is 16.4.